The third-order valence-corrected chi connectivity index (χ3v) is 7.54. The van der Waals surface area contributed by atoms with E-state index in [1.165, 1.54) is 0 Å². The molecule has 0 saturated carbocycles. The third kappa shape index (κ3) is 5.76. The topological polar surface area (TPSA) is 43.2 Å². The molecule has 5 nitrogen and oxygen atoms in total. The van der Waals surface area contributed by atoms with Crippen molar-refractivity contribution in [1.82, 2.24) is 19.9 Å². The Hall–Kier alpha value is -2.28. The van der Waals surface area contributed by atoms with Gasteiger partial charge in [0.15, 0.2) is 0 Å². The number of rotatable bonds is 7. The van der Waals surface area contributed by atoms with E-state index < -0.39 is 0 Å². The van der Waals surface area contributed by atoms with Gasteiger partial charge in [0.1, 0.15) is 18.1 Å². The first kappa shape index (κ1) is 24.4. The number of hydrogen-bond acceptors (Lipinski definition) is 4. The first-order valence-corrected chi connectivity index (χ1v) is 12.7. The van der Waals surface area contributed by atoms with Gasteiger partial charge in [-0.3, -0.25) is 4.90 Å². The number of aromatic nitrogens is 3. The molecule has 1 saturated heterocycles. The molecule has 1 aliphatic rings. The van der Waals surface area contributed by atoms with Gasteiger partial charge in [-0.1, -0.05) is 75.9 Å². The number of benzene rings is 3. The Bertz CT molecular complexity index is 1340. The lowest BCUT2D eigenvalue weighted by Crippen LogP contribution is -2.21. The molecular weight excluding hydrogens is 526 g/mol. The molecule has 35 heavy (non-hydrogen) atoms. The van der Waals surface area contributed by atoms with Crippen LogP contribution in [0.4, 0.5) is 0 Å². The fraction of sp³-hybridized carbons (Fsp3) is 0.231. The molecule has 1 aliphatic heterocycles. The Kier molecular flexibility index (Phi) is 7.51. The molecule has 4 aromatic rings. The van der Waals surface area contributed by atoms with Gasteiger partial charge in [-0.15, -0.1) is 5.10 Å². The molecule has 3 aromatic carbocycles. The number of hydrogen-bond donors (Lipinski definition) is 0. The molecular formula is C26H22Cl4N4O. The molecule has 0 amide bonds. The van der Waals surface area contributed by atoms with E-state index in [0.717, 1.165) is 54.2 Å². The second kappa shape index (κ2) is 10.8. The summed E-state index contributed by atoms with van der Waals surface area (Å²) in [6.45, 7) is 3.05. The first-order chi connectivity index (χ1) is 17.0. The summed E-state index contributed by atoms with van der Waals surface area (Å²) in [6, 6.07) is 19.4. The van der Waals surface area contributed by atoms with E-state index in [9.17, 15) is 0 Å². The van der Waals surface area contributed by atoms with Gasteiger partial charge in [0.05, 0.1) is 32.3 Å². The maximum atomic E-state index is 6.17. The Labute approximate surface area is 224 Å². The van der Waals surface area contributed by atoms with Crippen LogP contribution in [-0.4, -0.2) is 33.0 Å². The van der Waals surface area contributed by atoms with Crippen molar-refractivity contribution in [2.45, 2.75) is 25.6 Å². The van der Waals surface area contributed by atoms with Crippen LogP contribution in [0.2, 0.25) is 20.1 Å². The first-order valence-electron chi connectivity index (χ1n) is 11.2. The van der Waals surface area contributed by atoms with Crippen molar-refractivity contribution in [3.05, 3.63) is 98.1 Å². The maximum Gasteiger partial charge on any atom is 0.129 e. The lowest BCUT2D eigenvalue weighted by molar-refractivity contribution is 0.307. The van der Waals surface area contributed by atoms with Crippen molar-refractivity contribution >= 4 is 46.4 Å². The highest BCUT2D eigenvalue weighted by Gasteiger charge is 2.25. The van der Waals surface area contributed by atoms with Crippen LogP contribution < -0.4 is 4.74 Å². The Morgan fingerprint density at radius 3 is 2.34 bits per heavy atom. The van der Waals surface area contributed by atoms with Crippen LogP contribution in [0.15, 0.2) is 66.9 Å². The number of para-hydroxylation sites is 1. The largest absolute Gasteiger partial charge is 0.488 e. The zero-order chi connectivity index (χ0) is 24.4. The average molecular weight is 548 g/mol. The molecule has 5 rings (SSSR count). The van der Waals surface area contributed by atoms with Crippen LogP contribution in [0, 0.1) is 0 Å². The van der Waals surface area contributed by atoms with E-state index in [1.54, 1.807) is 6.07 Å². The molecule has 0 aliphatic carbocycles. The van der Waals surface area contributed by atoms with E-state index in [2.05, 4.69) is 15.2 Å². The van der Waals surface area contributed by atoms with E-state index in [0.29, 0.717) is 26.7 Å². The van der Waals surface area contributed by atoms with E-state index in [4.69, 9.17) is 51.1 Å². The SMILES string of the molecule is Clc1ccc(COc2ccccc2-c2cn([C@H]3CCN(Cc4ccc(Cl)c(Cl)c4)C3)nn2)cc1Cl. The second-order valence-electron chi connectivity index (χ2n) is 8.54. The molecule has 0 spiro atoms. The van der Waals surface area contributed by atoms with Gasteiger partial charge in [-0.2, -0.15) is 0 Å². The third-order valence-electron chi connectivity index (χ3n) is 6.06. The Morgan fingerprint density at radius 1 is 0.857 bits per heavy atom. The normalized spacial score (nSPS) is 16.1. The van der Waals surface area contributed by atoms with Crippen LogP contribution in [0.3, 0.4) is 0 Å². The summed E-state index contributed by atoms with van der Waals surface area (Å²) in [5.74, 6) is 0.735. The smallest absolute Gasteiger partial charge is 0.129 e. The number of nitrogens with zero attached hydrogens (tertiary/aromatic N) is 4. The predicted molar refractivity (Wildman–Crippen MR) is 142 cm³/mol. The predicted octanol–water partition coefficient (Wildman–Crippen LogP) is 7.58. The van der Waals surface area contributed by atoms with E-state index in [1.807, 2.05) is 65.5 Å². The minimum absolute atomic E-state index is 0.253. The van der Waals surface area contributed by atoms with Gasteiger partial charge >= 0.3 is 0 Å². The van der Waals surface area contributed by atoms with Gasteiger partial charge in [-0.05, 0) is 53.9 Å². The quantitative estimate of drug-likeness (QED) is 0.239. The highest BCUT2D eigenvalue weighted by Crippen LogP contribution is 2.32. The van der Waals surface area contributed by atoms with Crippen LogP contribution in [0.5, 0.6) is 5.75 Å². The van der Waals surface area contributed by atoms with Crippen molar-refractivity contribution in [3.63, 3.8) is 0 Å². The average Bonchev–Trinajstić information content (AvgIpc) is 3.52. The van der Waals surface area contributed by atoms with Gasteiger partial charge in [-0.25, -0.2) is 4.68 Å². The summed E-state index contributed by atoms with van der Waals surface area (Å²) in [6.07, 6.45) is 2.99. The highest BCUT2D eigenvalue weighted by atomic mass is 35.5. The van der Waals surface area contributed by atoms with Crippen molar-refractivity contribution in [3.8, 4) is 17.0 Å². The molecule has 1 fully saturated rings. The molecule has 2 heterocycles. The number of likely N-dealkylation sites (tertiary alicyclic amines) is 1. The van der Waals surface area contributed by atoms with E-state index in [-0.39, 0.29) is 6.04 Å². The van der Waals surface area contributed by atoms with E-state index >= 15 is 0 Å². The summed E-state index contributed by atoms with van der Waals surface area (Å²) in [5, 5.41) is 11.1. The highest BCUT2D eigenvalue weighted by molar-refractivity contribution is 6.42. The molecule has 0 N–H and O–H groups in total. The zero-order valence-corrected chi connectivity index (χ0v) is 21.7. The van der Waals surface area contributed by atoms with Crippen molar-refractivity contribution in [1.29, 1.82) is 0 Å². The van der Waals surface area contributed by atoms with Gasteiger partial charge in [0.25, 0.3) is 0 Å². The van der Waals surface area contributed by atoms with Crippen LogP contribution in [0.25, 0.3) is 11.3 Å². The second-order valence-corrected chi connectivity index (χ2v) is 10.2. The lowest BCUT2D eigenvalue weighted by Gasteiger charge is -2.16. The summed E-state index contributed by atoms with van der Waals surface area (Å²) in [4.78, 5) is 2.39. The molecule has 180 valence electrons. The molecule has 1 aromatic heterocycles. The number of ether oxygens (including phenoxy) is 1. The molecule has 0 unspecified atom stereocenters. The fourth-order valence-corrected chi connectivity index (χ4v) is 4.88. The van der Waals surface area contributed by atoms with Crippen molar-refractivity contribution in [2.75, 3.05) is 13.1 Å². The summed E-state index contributed by atoms with van der Waals surface area (Å²) < 4.78 is 8.06. The number of halogens is 4. The van der Waals surface area contributed by atoms with Crippen LogP contribution >= 0.6 is 46.4 Å². The minimum atomic E-state index is 0.253. The summed E-state index contributed by atoms with van der Waals surface area (Å²) in [7, 11) is 0. The monoisotopic (exact) mass is 546 g/mol. The minimum Gasteiger partial charge on any atom is -0.488 e. The zero-order valence-electron chi connectivity index (χ0n) is 18.7. The van der Waals surface area contributed by atoms with Crippen molar-refractivity contribution < 1.29 is 4.74 Å². The Morgan fingerprint density at radius 2 is 1.57 bits per heavy atom. The van der Waals surface area contributed by atoms with Crippen LogP contribution in [-0.2, 0) is 13.2 Å². The lowest BCUT2D eigenvalue weighted by atomic mass is 10.1. The van der Waals surface area contributed by atoms with Gasteiger partial charge in [0, 0.05) is 25.2 Å². The van der Waals surface area contributed by atoms with Crippen molar-refractivity contribution in [2.24, 2.45) is 0 Å². The van der Waals surface area contributed by atoms with Gasteiger partial charge in [0.2, 0.25) is 0 Å². The molecule has 1 atom stereocenters. The summed E-state index contributed by atoms with van der Waals surface area (Å²) >= 11 is 24.4. The standard InChI is InChI=1S/C26H22Cl4N4O/c27-21-7-5-17(11-23(21)29)13-33-10-9-19(14-33)34-15-25(31-32-34)20-3-1-2-4-26(20)35-16-18-6-8-22(28)24(30)12-18/h1-8,11-12,15,19H,9-10,13-14,16H2/t19-/m0/s1. The Balaban J connectivity index is 1.25. The fourth-order valence-electron chi connectivity index (χ4n) is 4.24. The molecule has 9 heteroatoms. The molecule has 0 bridgehead atoms. The summed E-state index contributed by atoms with van der Waals surface area (Å²) in [5.41, 5.74) is 3.75. The van der Waals surface area contributed by atoms with Crippen LogP contribution in [0.1, 0.15) is 23.6 Å². The maximum absolute atomic E-state index is 6.17. The van der Waals surface area contributed by atoms with Gasteiger partial charge < -0.3 is 4.74 Å². The molecule has 0 radical (unpaired) electrons.